The summed E-state index contributed by atoms with van der Waals surface area (Å²) in [6.07, 6.45) is 3.83. The fraction of sp³-hybridized carbons (Fsp3) is 0.591. The summed E-state index contributed by atoms with van der Waals surface area (Å²) in [7, 11) is 0. The van der Waals surface area contributed by atoms with Crippen LogP contribution in [0.4, 0.5) is 0 Å². The fourth-order valence-corrected chi connectivity index (χ4v) is 5.64. The van der Waals surface area contributed by atoms with Crippen molar-refractivity contribution >= 4 is 33.4 Å². The van der Waals surface area contributed by atoms with Gasteiger partial charge < -0.3 is 14.4 Å². The van der Waals surface area contributed by atoms with E-state index in [9.17, 15) is 9.59 Å². The van der Waals surface area contributed by atoms with Gasteiger partial charge in [-0.15, -0.1) is 11.3 Å². The number of esters is 1. The molecule has 4 rings (SSSR count). The van der Waals surface area contributed by atoms with Crippen LogP contribution in [0, 0.1) is 5.92 Å². The molecule has 6 nitrogen and oxygen atoms in total. The highest BCUT2D eigenvalue weighted by atomic mass is 32.1. The van der Waals surface area contributed by atoms with Gasteiger partial charge in [0.2, 0.25) is 0 Å². The maximum Gasteiger partial charge on any atom is 0.310 e. The van der Waals surface area contributed by atoms with Crippen LogP contribution in [-0.2, 0) is 19.1 Å². The lowest BCUT2D eigenvalue weighted by atomic mass is 9.79. The van der Waals surface area contributed by atoms with E-state index >= 15 is 0 Å². The number of aromatic nitrogens is 1. The number of benzene rings is 1. The van der Waals surface area contributed by atoms with Crippen LogP contribution >= 0.6 is 11.3 Å². The van der Waals surface area contributed by atoms with Crippen molar-refractivity contribution in [2.75, 3.05) is 19.7 Å². The molecule has 156 valence electrons. The Kier molecular flexibility index (Phi) is 6.15. The number of carbonyl (C=O) groups excluding carboxylic acids is 2. The maximum absolute atomic E-state index is 12.9. The molecular weight excluding hydrogens is 388 g/mol. The van der Waals surface area contributed by atoms with Crippen LogP contribution in [0.3, 0.4) is 0 Å². The predicted octanol–water partition coefficient (Wildman–Crippen LogP) is 3.75. The van der Waals surface area contributed by atoms with Gasteiger partial charge in [0.1, 0.15) is 0 Å². The van der Waals surface area contributed by atoms with E-state index in [2.05, 4.69) is 6.07 Å². The van der Waals surface area contributed by atoms with Gasteiger partial charge >= 0.3 is 5.97 Å². The van der Waals surface area contributed by atoms with Crippen LogP contribution in [0.5, 0.6) is 0 Å². The number of thiazole rings is 1. The predicted molar refractivity (Wildman–Crippen MR) is 112 cm³/mol. The second-order valence-corrected chi connectivity index (χ2v) is 9.24. The number of hydrogen-bond donors (Lipinski definition) is 0. The van der Waals surface area contributed by atoms with E-state index in [0.717, 1.165) is 40.9 Å². The summed E-state index contributed by atoms with van der Waals surface area (Å²) in [6.45, 7) is 4.79. The van der Waals surface area contributed by atoms with Gasteiger partial charge in [0.25, 0.3) is 5.91 Å². The molecule has 7 heteroatoms. The van der Waals surface area contributed by atoms with Gasteiger partial charge in [-0.25, -0.2) is 4.98 Å². The zero-order valence-electron chi connectivity index (χ0n) is 17.0. The quantitative estimate of drug-likeness (QED) is 0.710. The third-order valence-corrected chi connectivity index (χ3v) is 6.97. The van der Waals surface area contributed by atoms with E-state index in [1.807, 2.05) is 32.0 Å². The summed E-state index contributed by atoms with van der Waals surface area (Å²) in [5, 5.41) is 1.01. The van der Waals surface area contributed by atoms with Crippen molar-refractivity contribution in [3.05, 3.63) is 29.3 Å². The molecule has 2 heterocycles. The van der Waals surface area contributed by atoms with E-state index in [4.69, 9.17) is 14.5 Å². The van der Waals surface area contributed by atoms with Gasteiger partial charge in [-0.2, -0.15) is 0 Å². The molecule has 1 aromatic carbocycles. The zero-order valence-corrected chi connectivity index (χ0v) is 17.8. The molecule has 0 spiro atoms. The minimum Gasteiger partial charge on any atom is -0.455 e. The molecule has 4 unspecified atom stereocenters. The Bertz CT molecular complexity index is 840. The van der Waals surface area contributed by atoms with Gasteiger partial charge in [0, 0.05) is 19.0 Å². The van der Waals surface area contributed by atoms with Gasteiger partial charge in [0.05, 0.1) is 33.4 Å². The number of carbonyl (C=O) groups is 2. The lowest BCUT2D eigenvalue weighted by Gasteiger charge is -2.35. The molecule has 2 fully saturated rings. The van der Waals surface area contributed by atoms with Gasteiger partial charge in [-0.05, 0) is 38.8 Å². The molecule has 0 N–H and O–H groups in total. The summed E-state index contributed by atoms with van der Waals surface area (Å²) in [5.74, 6) is -0.559. The minimum atomic E-state index is -0.267. The highest BCUT2D eigenvalue weighted by molar-refractivity contribution is 7.18. The first-order valence-corrected chi connectivity index (χ1v) is 11.3. The van der Waals surface area contributed by atoms with Crippen molar-refractivity contribution in [2.24, 2.45) is 5.92 Å². The smallest absolute Gasteiger partial charge is 0.310 e. The van der Waals surface area contributed by atoms with Gasteiger partial charge in [-0.1, -0.05) is 25.0 Å². The SMILES string of the molecule is CC1CN(C(=O)COC(=O)C2CCCCC2c2nc3ccccc3s2)CC(C)O1. The summed E-state index contributed by atoms with van der Waals surface area (Å²) in [4.78, 5) is 31.9. The number of amides is 1. The maximum atomic E-state index is 12.9. The van der Waals surface area contributed by atoms with Crippen molar-refractivity contribution in [1.29, 1.82) is 0 Å². The molecule has 1 saturated heterocycles. The van der Waals surface area contributed by atoms with Crippen LogP contribution in [0.2, 0.25) is 0 Å². The van der Waals surface area contributed by atoms with Crippen molar-refractivity contribution in [1.82, 2.24) is 9.88 Å². The first-order valence-electron chi connectivity index (χ1n) is 10.5. The minimum absolute atomic E-state index is 0.000150. The molecule has 1 saturated carbocycles. The summed E-state index contributed by atoms with van der Waals surface area (Å²) in [6, 6.07) is 8.07. The monoisotopic (exact) mass is 416 g/mol. The highest BCUT2D eigenvalue weighted by Gasteiger charge is 2.36. The van der Waals surface area contributed by atoms with Gasteiger partial charge in [0.15, 0.2) is 6.61 Å². The molecule has 4 atom stereocenters. The van der Waals surface area contributed by atoms with Crippen LogP contribution in [0.25, 0.3) is 10.2 Å². The molecule has 29 heavy (non-hydrogen) atoms. The molecule has 2 aliphatic rings. The molecule has 1 amide bonds. The number of fused-ring (bicyclic) bond motifs is 1. The summed E-state index contributed by atoms with van der Waals surface area (Å²) >= 11 is 1.66. The number of morpholine rings is 1. The largest absolute Gasteiger partial charge is 0.455 e. The van der Waals surface area contributed by atoms with Crippen molar-refractivity contribution in [3.8, 4) is 0 Å². The topological polar surface area (TPSA) is 68.7 Å². The first kappa shape index (κ1) is 20.3. The molecule has 2 aromatic rings. The van der Waals surface area contributed by atoms with E-state index in [1.54, 1.807) is 16.2 Å². The average Bonchev–Trinajstić information content (AvgIpc) is 3.15. The normalized spacial score (nSPS) is 27.7. The molecule has 0 radical (unpaired) electrons. The third kappa shape index (κ3) is 4.61. The van der Waals surface area contributed by atoms with Crippen LogP contribution in [-0.4, -0.2) is 53.7 Å². The number of ether oxygens (including phenoxy) is 2. The second-order valence-electron chi connectivity index (χ2n) is 8.18. The Morgan fingerprint density at radius 1 is 1.17 bits per heavy atom. The Morgan fingerprint density at radius 3 is 2.66 bits per heavy atom. The molecular formula is C22H28N2O4S. The molecule has 1 aliphatic heterocycles. The molecule has 1 aromatic heterocycles. The zero-order chi connectivity index (χ0) is 20.4. The highest BCUT2D eigenvalue weighted by Crippen LogP contribution is 2.41. The Morgan fingerprint density at radius 2 is 1.90 bits per heavy atom. The summed E-state index contributed by atoms with van der Waals surface area (Å²) in [5.41, 5.74) is 0.982. The Labute approximate surface area is 175 Å². The third-order valence-electron chi connectivity index (χ3n) is 5.81. The number of rotatable bonds is 4. The van der Waals surface area contributed by atoms with Crippen LogP contribution in [0.15, 0.2) is 24.3 Å². The standard InChI is InChI=1S/C22H28N2O4S/c1-14-11-24(12-15(2)28-14)20(25)13-27-22(26)17-8-4-3-7-16(17)21-23-18-9-5-6-10-19(18)29-21/h5-6,9-10,14-17H,3-4,7-8,11-13H2,1-2H3. The van der Waals surface area contributed by atoms with Crippen LogP contribution in [0.1, 0.15) is 50.5 Å². The first-order chi connectivity index (χ1) is 14.0. The fourth-order valence-electron chi connectivity index (χ4n) is 4.47. The Balaban J connectivity index is 1.40. The van der Waals surface area contributed by atoms with E-state index in [1.165, 1.54) is 0 Å². The Hall–Kier alpha value is -1.99. The number of nitrogens with zero attached hydrogens (tertiary/aromatic N) is 2. The lowest BCUT2D eigenvalue weighted by Crippen LogP contribution is -2.49. The average molecular weight is 417 g/mol. The lowest BCUT2D eigenvalue weighted by molar-refractivity contribution is -0.160. The van der Waals surface area contributed by atoms with E-state index < -0.39 is 0 Å². The number of para-hydroxylation sites is 1. The van der Waals surface area contributed by atoms with Crippen LogP contribution < -0.4 is 0 Å². The number of hydrogen-bond acceptors (Lipinski definition) is 6. The van der Waals surface area contributed by atoms with Crippen molar-refractivity contribution in [3.63, 3.8) is 0 Å². The van der Waals surface area contributed by atoms with E-state index in [-0.39, 0.29) is 42.5 Å². The molecule has 1 aliphatic carbocycles. The van der Waals surface area contributed by atoms with Gasteiger partial charge in [-0.3, -0.25) is 9.59 Å². The van der Waals surface area contributed by atoms with Crippen molar-refractivity contribution in [2.45, 2.75) is 57.7 Å². The summed E-state index contributed by atoms with van der Waals surface area (Å²) < 4.78 is 12.3. The second kappa shape index (κ2) is 8.79. The van der Waals surface area contributed by atoms with E-state index in [0.29, 0.717) is 13.1 Å². The van der Waals surface area contributed by atoms with Crippen molar-refractivity contribution < 1.29 is 19.1 Å². The molecule has 0 bridgehead atoms.